The number of fused-ring (bicyclic) bond motifs is 8. The van der Waals surface area contributed by atoms with Crippen molar-refractivity contribution in [2.24, 2.45) is 5.41 Å². The summed E-state index contributed by atoms with van der Waals surface area (Å²) in [7, 11) is 0. The average molecular weight is 771 g/mol. The second kappa shape index (κ2) is 12.7. The molecule has 1 aliphatic heterocycles. The summed E-state index contributed by atoms with van der Waals surface area (Å²) in [6.45, 7) is 15.1. The summed E-state index contributed by atoms with van der Waals surface area (Å²) in [6, 6.07) is 37.5. The third-order valence-electron chi connectivity index (χ3n) is 12.0. The minimum absolute atomic E-state index is 0.102. The Balaban J connectivity index is 1.64. The van der Waals surface area contributed by atoms with E-state index in [-0.39, 0.29) is 5.41 Å². The Kier molecular flexibility index (Phi) is 8.77. The average Bonchev–Trinajstić information content (AvgIpc) is 3.65. The van der Waals surface area contributed by atoms with Gasteiger partial charge in [-0.25, -0.2) is 0 Å². The molecule has 0 spiro atoms. The SMILES string of the molecule is CCC[CH2][Hf]1([CH2]CCC)[CH]2C(CC)=C(c3c(-c4ccccc4)cccc32)C(C)(C)C2=C(CC)[CH]1c1cccc(-c3ccccc3)c12. The minimum atomic E-state index is -3.41. The second-order valence-electron chi connectivity index (χ2n) is 14.7. The zero-order valence-electron chi connectivity index (χ0n) is 29.0. The number of rotatable bonds is 10. The molecule has 0 aromatic heterocycles. The molecule has 7 rings (SSSR count). The molecule has 4 bridgehead atoms. The van der Waals surface area contributed by atoms with Crippen molar-refractivity contribution in [2.75, 3.05) is 0 Å². The van der Waals surface area contributed by atoms with Gasteiger partial charge in [0.15, 0.2) is 0 Å². The molecule has 1 heteroatoms. The van der Waals surface area contributed by atoms with Crippen molar-refractivity contribution >= 4 is 11.1 Å². The summed E-state index contributed by atoms with van der Waals surface area (Å²) in [4.78, 5) is 0. The summed E-state index contributed by atoms with van der Waals surface area (Å²) in [6.07, 6.45) is 7.67. The Labute approximate surface area is 283 Å². The van der Waals surface area contributed by atoms with Gasteiger partial charge in [-0.05, 0) is 0 Å². The molecule has 0 saturated carbocycles. The van der Waals surface area contributed by atoms with E-state index in [0.29, 0.717) is 7.35 Å². The molecular weight excluding hydrogens is 719 g/mol. The maximum absolute atomic E-state index is 3.41. The predicted molar refractivity (Wildman–Crippen MR) is 197 cm³/mol. The van der Waals surface area contributed by atoms with Gasteiger partial charge in [-0.1, -0.05) is 0 Å². The van der Waals surface area contributed by atoms with Crippen LogP contribution in [0.1, 0.15) is 110 Å². The number of hydrogen-bond donors (Lipinski definition) is 0. The summed E-state index contributed by atoms with van der Waals surface area (Å²) in [5.74, 6) is 0. The molecule has 4 aromatic carbocycles. The van der Waals surface area contributed by atoms with Gasteiger partial charge in [-0.2, -0.15) is 0 Å². The molecule has 1 heterocycles. The molecule has 0 fully saturated rings. The first-order valence-electron chi connectivity index (χ1n) is 18.3. The van der Waals surface area contributed by atoms with Gasteiger partial charge >= 0.3 is 285 Å². The van der Waals surface area contributed by atoms with E-state index < -0.39 is 20.0 Å². The molecule has 0 radical (unpaired) electrons. The molecule has 2 aliphatic carbocycles. The number of allylic oxidation sites excluding steroid dienone is 4. The first-order chi connectivity index (χ1) is 22.4. The topological polar surface area (TPSA) is 0 Å². The molecule has 0 nitrogen and oxygen atoms in total. The van der Waals surface area contributed by atoms with Crippen molar-refractivity contribution in [3.05, 3.63) is 130 Å². The molecule has 46 heavy (non-hydrogen) atoms. The number of benzene rings is 4. The summed E-state index contributed by atoms with van der Waals surface area (Å²) in [5.41, 5.74) is 19.2. The van der Waals surface area contributed by atoms with Gasteiger partial charge in [0.25, 0.3) is 0 Å². The zero-order valence-corrected chi connectivity index (χ0v) is 32.6. The molecule has 3 aliphatic rings. The van der Waals surface area contributed by atoms with Crippen molar-refractivity contribution in [1.29, 1.82) is 0 Å². The second-order valence-corrected chi connectivity index (χ2v) is 31.3. The monoisotopic (exact) mass is 772 g/mol. The van der Waals surface area contributed by atoms with E-state index in [1.807, 2.05) is 11.1 Å². The van der Waals surface area contributed by atoms with Crippen LogP contribution in [-0.2, 0) is 20.0 Å². The van der Waals surface area contributed by atoms with E-state index in [1.165, 1.54) is 56.3 Å². The van der Waals surface area contributed by atoms with E-state index in [0.717, 1.165) is 12.8 Å². The number of hydrogen-bond acceptors (Lipinski definition) is 0. The zero-order chi connectivity index (χ0) is 32.1. The molecule has 0 amide bonds. The molecule has 0 N–H and O–H groups in total. The van der Waals surface area contributed by atoms with Crippen molar-refractivity contribution in [3.63, 3.8) is 0 Å². The van der Waals surface area contributed by atoms with E-state index in [2.05, 4.69) is 139 Å². The normalized spacial score (nSPS) is 20.4. The van der Waals surface area contributed by atoms with E-state index in [4.69, 9.17) is 0 Å². The number of unbranched alkanes of at least 4 members (excludes halogenated alkanes) is 2. The molecule has 4 aromatic rings. The van der Waals surface area contributed by atoms with Gasteiger partial charge in [0.2, 0.25) is 0 Å². The van der Waals surface area contributed by atoms with E-state index >= 15 is 0 Å². The van der Waals surface area contributed by atoms with Crippen molar-refractivity contribution < 1.29 is 20.0 Å². The fourth-order valence-electron chi connectivity index (χ4n) is 10.4. The molecule has 2 atom stereocenters. The molecular formula is C45H52Hf. The summed E-state index contributed by atoms with van der Waals surface area (Å²) >= 11 is -3.41. The van der Waals surface area contributed by atoms with Crippen LogP contribution < -0.4 is 0 Å². The van der Waals surface area contributed by atoms with E-state index in [9.17, 15) is 0 Å². The standard InChI is InChI=1S/C37H34.2C4H9.Hf/c1-5-25-23-29-19-13-21-31(27-15-9-7-10-16-27)33(29)35(25)37(3,4)36-26(6-2)24-30-20-14-22-32(34(30)36)28-17-11-8-12-18-28;2*1-3-4-2;/h7-24H,5-6H2,1-4H3;2*1,3-4H2,2H3;. The van der Waals surface area contributed by atoms with Crippen molar-refractivity contribution in [1.82, 2.24) is 0 Å². The van der Waals surface area contributed by atoms with Gasteiger partial charge in [0.05, 0.1) is 0 Å². The van der Waals surface area contributed by atoms with Crippen LogP contribution in [0.2, 0.25) is 8.35 Å². The summed E-state index contributed by atoms with van der Waals surface area (Å²) in [5, 5.41) is 0. The first-order valence-corrected chi connectivity index (χ1v) is 27.5. The molecule has 2 unspecified atom stereocenters. The Bertz CT molecular complexity index is 1670. The van der Waals surface area contributed by atoms with Crippen molar-refractivity contribution in [3.8, 4) is 22.3 Å². The third kappa shape index (κ3) is 4.69. The maximum atomic E-state index is 2.60. The van der Waals surface area contributed by atoms with Crippen LogP contribution in [-0.4, -0.2) is 0 Å². The van der Waals surface area contributed by atoms with Crippen LogP contribution in [0.5, 0.6) is 0 Å². The fourth-order valence-corrected chi connectivity index (χ4v) is 37.6. The first kappa shape index (κ1) is 31.8. The van der Waals surface area contributed by atoms with Gasteiger partial charge in [-0.15, -0.1) is 0 Å². The fraction of sp³-hybridized carbons (Fsp3) is 0.378. The Morgan fingerprint density at radius 2 is 0.935 bits per heavy atom. The van der Waals surface area contributed by atoms with Crippen LogP contribution in [0.4, 0.5) is 0 Å². The van der Waals surface area contributed by atoms with E-state index in [1.54, 1.807) is 33.4 Å². The van der Waals surface area contributed by atoms with Gasteiger partial charge in [0.1, 0.15) is 0 Å². The molecule has 0 saturated heterocycles. The van der Waals surface area contributed by atoms with Crippen LogP contribution in [0, 0.1) is 5.41 Å². The van der Waals surface area contributed by atoms with Crippen molar-refractivity contribution in [2.45, 2.75) is 95.8 Å². The Morgan fingerprint density at radius 1 is 0.522 bits per heavy atom. The van der Waals surface area contributed by atoms with Crippen LogP contribution in [0.3, 0.4) is 0 Å². The Morgan fingerprint density at radius 3 is 1.30 bits per heavy atom. The van der Waals surface area contributed by atoms with Crippen LogP contribution >= 0.6 is 0 Å². The predicted octanol–water partition coefficient (Wildman–Crippen LogP) is 13.8. The van der Waals surface area contributed by atoms with Gasteiger partial charge < -0.3 is 0 Å². The Hall–Kier alpha value is -2.77. The van der Waals surface area contributed by atoms with Crippen LogP contribution in [0.25, 0.3) is 33.4 Å². The molecule has 236 valence electrons. The van der Waals surface area contributed by atoms with Gasteiger partial charge in [0, 0.05) is 0 Å². The third-order valence-corrected chi connectivity index (χ3v) is 34.2. The van der Waals surface area contributed by atoms with Crippen LogP contribution in [0.15, 0.2) is 108 Å². The van der Waals surface area contributed by atoms with Gasteiger partial charge in [-0.3, -0.25) is 0 Å². The summed E-state index contributed by atoms with van der Waals surface area (Å²) < 4.78 is 4.30. The quantitative estimate of drug-likeness (QED) is 0.141.